The largest absolute Gasteiger partial charge is 0.416 e. The summed E-state index contributed by atoms with van der Waals surface area (Å²) in [6.45, 7) is 5.32. The van der Waals surface area contributed by atoms with Crippen molar-refractivity contribution in [3.63, 3.8) is 0 Å². The van der Waals surface area contributed by atoms with Crippen molar-refractivity contribution in [3.8, 4) is 0 Å². The van der Waals surface area contributed by atoms with Gasteiger partial charge in [0, 0.05) is 12.6 Å². The van der Waals surface area contributed by atoms with E-state index in [0.717, 1.165) is 25.1 Å². The molecule has 0 radical (unpaired) electrons. The van der Waals surface area contributed by atoms with Gasteiger partial charge < -0.3 is 4.90 Å². The lowest BCUT2D eigenvalue weighted by Crippen LogP contribution is -2.29. The molecule has 0 bridgehead atoms. The summed E-state index contributed by atoms with van der Waals surface area (Å²) >= 11 is 0. The fourth-order valence-electron chi connectivity index (χ4n) is 2.08. The Hall–Kier alpha value is -1.12. The van der Waals surface area contributed by atoms with Crippen molar-refractivity contribution in [2.24, 2.45) is 0 Å². The molecule has 24 heavy (non-hydrogen) atoms. The standard InChI is InChI=1S/C16H25F3N2O2S/c1-13(2)21(3)10-5-4-9-20-24(22,23)12-14-7-6-8-15(11-14)16(17,18)19/h6-8,11,13,20H,4-5,9-10,12H2,1-3H3. The number of sulfonamides is 1. The molecule has 1 rings (SSSR count). The number of benzene rings is 1. The molecule has 0 saturated carbocycles. The van der Waals surface area contributed by atoms with Crippen molar-refractivity contribution in [3.05, 3.63) is 35.4 Å². The Bertz CT molecular complexity index is 616. The monoisotopic (exact) mass is 366 g/mol. The van der Waals surface area contributed by atoms with Crippen molar-refractivity contribution in [1.82, 2.24) is 9.62 Å². The van der Waals surface area contributed by atoms with E-state index in [1.807, 2.05) is 7.05 Å². The van der Waals surface area contributed by atoms with Gasteiger partial charge in [-0.2, -0.15) is 13.2 Å². The molecule has 0 amide bonds. The van der Waals surface area contributed by atoms with Crippen LogP contribution in [0.1, 0.15) is 37.8 Å². The van der Waals surface area contributed by atoms with E-state index in [0.29, 0.717) is 12.5 Å². The maximum Gasteiger partial charge on any atom is 0.416 e. The third-order valence-electron chi connectivity index (χ3n) is 3.75. The average Bonchev–Trinajstić information content (AvgIpc) is 2.45. The predicted octanol–water partition coefficient (Wildman–Crippen LogP) is 3.25. The first-order valence-electron chi connectivity index (χ1n) is 7.85. The second kappa shape index (κ2) is 8.82. The molecule has 0 aliphatic heterocycles. The van der Waals surface area contributed by atoms with Gasteiger partial charge in [0.05, 0.1) is 11.3 Å². The Labute approximate surface area is 142 Å². The zero-order chi connectivity index (χ0) is 18.4. The molecule has 0 heterocycles. The minimum atomic E-state index is -4.48. The molecule has 1 N–H and O–H groups in total. The van der Waals surface area contributed by atoms with Crippen LogP contribution in [0, 0.1) is 0 Å². The molecular weight excluding hydrogens is 341 g/mol. The Balaban J connectivity index is 2.47. The molecule has 0 aromatic heterocycles. The van der Waals surface area contributed by atoms with Crippen LogP contribution in [0.15, 0.2) is 24.3 Å². The van der Waals surface area contributed by atoms with Crippen molar-refractivity contribution in [1.29, 1.82) is 0 Å². The number of hydrogen-bond donors (Lipinski definition) is 1. The van der Waals surface area contributed by atoms with Crippen molar-refractivity contribution in [2.75, 3.05) is 20.1 Å². The Morgan fingerprint density at radius 1 is 1.21 bits per heavy atom. The number of nitrogens with zero attached hydrogens (tertiary/aromatic N) is 1. The summed E-state index contributed by atoms with van der Waals surface area (Å²) in [5.74, 6) is -0.456. The van der Waals surface area contributed by atoms with E-state index < -0.39 is 27.5 Å². The van der Waals surface area contributed by atoms with E-state index in [1.165, 1.54) is 12.1 Å². The summed E-state index contributed by atoms with van der Waals surface area (Å²) in [5.41, 5.74) is -0.719. The highest BCUT2D eigenvalue weighted by molar-refractivity contribution is 7.88. The molecular formula is C16H25F3N2O2S. The van der Waals surface area contributed by atoms with Crippen LogP contribution in [-0.2, 0) is 22.0 Å². The zero-order valence-corrected chi connectivity index (χ0v) is 15.0. The van der Waals surface area contributed by atoms with Gasteiger partial charge in [-0.25, -0.2) is 13.1 Å². The molecule has 1 aromatic rings. The van der Waals surface area contributed by atoms with Gasteiger partial charge in [-0.15, -0.1) is 0 Å². The maximum atomic E-state index is 12.6. The molecule has 0 saturated heterocycles. The first-order valence-corrected chi connectivity index (χ1v) is 9.50. The molecule has 0 unspecified atom stereocenters. The highest BCUT2D eigenvalue weighted by Crippen LogP contribution is 2.29. The zero-order valence-electron chi connectivity index (χ0n) is 14.2. The van der Waals surface area contributed by atoms with Gasteiger partial charge in [-0.1, -0.05) is 18.2 Å². The highest BCUT2D eigenvalue weighted by Gasteiger charge is 2.30. The SMILES string of the molecule is CC(C)N(C)CCCCNS(=O)(=O)Cc1cccc(C(F)(F)F)c1. The smallest absolute Gasteiger partial charge is 0.304 e. The third kappa shape index (κ3) is 7.63. The molecule has 8 heteroatoms. The van der Waals surface area contributed by atoms with E-state index in [4.69, 9.17) is 0 Å². The van der Waals surface area contributed by atoms with Crippen LogP contribution in [0.5, 0.6) is 0 Å². The number of nitrogens with one attached hydrogen (secondary N) is 1. The molecule has 4 nitrogen and oxygen atoms in total. The van der Waals surface area contributed by atoms with Gasteiger partial charge in [-0.05, 0) is 51.9 Å². The molecule has 138 valence electrons. The summed E-state index contributed by atoms with van der Waals surface area (Å²) in [6, 6.07) is 4.83. The normalized spacial score (nSPS) is 13.0. The first-order chi connectivity index (χ1) is 11.0. The molecule has 0 aliphatic carbocycles. The first kappa shape index (κ1) is 20.9. The second-order valence-corrected chi connectivity index (χ2v) is 7.94. The minimum absolute atomic E-state index is 0.122. The van der Waals surface area contributed by atoms with Crippen LogP contribution in [0.4, 0.5) is 13.2 Å². The Morgan fingerprint density at radius 2 is 1.88 bits per heavy atom. The van der Waals surface area contributed by atoms with E-state index in [2.05, 4.69) is 23.5 Å². The van der Waals surface area contributed by atoms with Crippen molar-refractivity contribution < 1.29 is 21.6 Å². The fourth-order valence-corrected chi connectivity index (χ4v) is 3.26. The van der Waals surface area contributed by atoms with Crippen LogP contribution >= 0.6 is 0 Å². The van der Waals surface area contributed by atoms with E-state index in [1.54, 1.807) is 0 Å². The van der Waals surface area contributed by atoms with E-state index in [-0.39, 0.29) is 12.1 Å². The average molecular weight is 366 g/mol. The fraction of sp³-hybridized carbons (Fsp3) is 0.625. The molecule has 1 aromatic carbocycles. The van der Waals surface area contributed by atoms with Gasteiger partial charge in [-0.3, -0.25) is 0 Å². The molecule has 0 atom stereocenters. The Morgan fingerprint density at radius 3 is 2.46 bits per heavy atom. The number of halogens is 3. The van der Waals surface area contributed by atoms with Gasteiger partial charge in [0.2, 0.25) is 10.0 Å². The number of unbranched alkanes of at least 4 members (excludes halogenated alkanes) is 1. The minimum Gasteiger partial charge on any atom is -0.304 e. The maximum absolute atomic E-state index is 12.6. The highest BCUT2D eigenvalue weighted by atomic mass is 32.2. The predicted molar refractivity (Wildman–Crippen MR) is 89.1 cm³/mol. The lowest BCUT2D eigenvalue weighted by Gasteiger charge is -2.20. The van der Waals surface area contributed by atoms with Crippen LogP contribution in [-0.4, -0.2) is 39.5 Å². The van der Waals surface area contributed by atoms with Crippen LogP contribution < -0.4 is 4.72 Å². The topological polar surface area (TPSA) is 49.4 Å². The lowest BCUT2D eigenvalue weighted by molar-refractivity contribution is -0.137. The summed E-state index contributed by atoms with van der Waals surface area (Å²) in [7, 11) is -1.64. The molecule has 0 fully saturated rings. The molecule has 0 spiro atoms. The van der Waals surface area contributed by atoms with Gasteiger partial charge in [0.1, 0.15) is 0 Å². The van der Waals surface area contributed by atoms with Crippen LogP contribution in [0.25, 0.3) is 0 Å². The van der Waals surface area contributed by atoms with Gasteiger partial charge in [0.15, 0.2) is 0 Å². The van der Waals surface area contributed by atoms with Crippen LogP contribution in [0.3, 0.4) is 0 Å². The van der Waals surface area contributed by atoms with Crippen molar-refractivity contribution >= 4 is 10.0 Å². The second-order valence-electron chi connectivity index (χ2n) is 6.13. The summed E-state index contributed by atoms with van der Waals surface area (Å²) in [6.07, 6.45) is -2.95. The molecule has 0 aliphatic rings. The summed E-state index contributed by atoms with van der Waals surface area (Å²) < 4.78 is 64.3. The van der Waals surface area contributed by atoms with Gasteiger partial charge >= 0.3 is 6.18 Å². The number of alkyl halides is 3. The lowest BCUT2D eigenvalue weighted by atomic mass is 10.1. The quantitative estimate of drug-likeness (QED) is 0.683. The third-order valence-corrected chi connectivity index (χ3v) is 5.11. The van der Waals surface area contributed by atoms with E-state index in [9.17, 15) is 21.6 Å². The summed E-state index contributed by atoms with van der Waals surface area (Å²) in [4.78, 5) is 2.16. The number of rotatable bonds is 9. The van der Waals surface area contributed by atoms with Crippen LogP contribution in [0.2, 0.25) is 0 Å². The number of hydrogen-bond acceptors (Lipinski definition) is 3. The van der Waals surface area contributed by atoms with Crippen molar-refractivity contribution in [2.45, 2.75) is 44.7 Å². The summed E-state index contributed by atoms with van der Waals surface area (Å²) in [5, 5.41) is 0. The van der Waals surface area contributed by atoms with Gasteiger partial charge in [0.25, 0.3) is 0 Å². The Kier molecular flexibility index (Phi) is 7.69. The van der Waals surface area contributed by atoms with E-state index >= 15 is 0 Å².